The van der Waals surface area contributed by atoms with Gasteiger partial charge in [0.25, 0.3) is 5.91 Å². The van der Waals surface area contributed by atoms with Gasteiger partial charge in [0.05, 0.1) is 17.0 Å². The molecule has 0 atom stereocenters. The number of aryl methyl sites for hydroxylation is 2. The number of carbonyl (C=O) groups is 1. The number of nitrogens with two attached hydrogens (primary N) is 1. The maximum atomic E-state index is 12.2. The van der Waals surface area contributed by atoms with E-state index in [4.69, 9.17) is 5.73 Å². The number of anilines is 1. The molecule has 1 heterocycles. The van der Waals surface area contributed by atoms with E-state index in [1.54, 1.807) is 6.07 Å². The summed E-state index contributed by atoms with van der Waals surface area (Å²) in [5.74, 6) is 5.64. The molecule has 0 aliphatic heterocycles. The number of benzene rings is 1. The molecule has 4 heteroatoms. The van der Waals surface area contributed by atoms with Crippen LogP contribution in [-0.4, -0.2) is 12.5 Å². The lowest BCUT2D eigenvalue weighted by atomic mass is 10.1. The molecule has 1 aromatic carbocycles. The molecule has 3 nitrogen and oxygen atoms in total. The molecule has 2 aromatic rings. The zero-order valence-corrected chi connectivity index (χ0v) is 12.4. The zero-order chi connectivity index (χ0) is 14.7. The number of nitrogens with one attached hydrogen (secondary N) is 1. The van der Waals surface area contributed by atoms with Gasteiger partial charge in [-0.05, 0) is 48.6 Å². The first-order valence-electron chi connectivity index (χ1n) is 6.97. The second kappa shape index (κ2) is 6.13. The maximum absolute atomic E-state index is 12.2. The molecule has 0 saturated carbocycles. The average molecular weight is 296 g/mol. The van der Waals surface area contributed by atoms with Gasteiger partial charge in [-0.25, -0.2) is 0 Å². The Hall–Kier alpha value is -2.09. The van der Waals surface area contributed by atoms with Crippen molar-refractivity contribution in [1.82, 2.24) is 0 Å². The van der Waals surface area contributed by atoms with Crippen molar-refractivity contribution >= 4 is 22.9 Å². The second-order valence-corrected chi connectivity index (χ2v) is 5.91. The lowest BCUT2D eigenvalue weighted by molar-refractivity contribution is 0.102. The van der Waals surface area contributed by atoms with E-state index in [2.05, 4.69) is 29.3 Å². The molecule has 1 aromatic heterocycles. The van der Waals surface area contributed by atoms with Gasteiger partial charge in [-0.3, -0.25) is 4.79 Å². The van der Waals surface area contributed by atoms with Crippen LogP contribution >= 0.6 is 11.3 Å². The third kappa shape index (κ3) is 3.15. The first-order valence-corrected chi connectivity index (χ1v) is 7.85. The Morgan fingerprint density at radius 2 is 2.14 bits per heavy atom. The van der Waals surface area contributed by atoms with E-state index in [1.807, 2.05) is 11.4 Å². The highest BCUT2D eigenvalue weighted by molar-refractivity contribution is 7.10. The van der Waals surface area contributed by atoms with Gasteiger partial charge >= 0.3 is 0 Å². The summed E-state index contributed by atoms with van der Waals surface area (Å²) >= 11 is 1.46. The number of fused-ring (bicyclic) bond motifs is 1. The minimum absolute atomic E-state index is 0.0926. The molecule has 0 radical (unpaired) electrons. The Labute approximate surface area is 128 Å². The molecule has 0 spiro atoms. The molecule has 0 bridgehead atoms. The monoisotopic (exact) mass is 296 g/mol. The fourth-order valence-electron chi connectivity index (χ4n) is 2.51. The number of thiophene rings is 1. The Morgan fingerprint density at radius 1 is 1.29 bits per heavy atom. The van der Waals surface area contributed by atoms with Crippen molar-refractivity contribution in [2.24, 2.45) is 5.73 Å². The fraction of sp³-hybridized carbons (Fsp3) is 0.235. The summed E-state index contributed by atoms with van der Waals surface area (Å²) in [5.41, 5.74) is 9.60. The Balaban J connectivity index is 1.72. The average Bonchev–Trinajstić information content (AvgIpc) is 3.13. The maximum Gasteiger partial charge on any atom is 0.256 e. The summed E-state index contributed by atoms with van der Waals surface area (Å²) in [6.45, 7) is 0.328. The lowest BCUT2D eigenvalue weighted by Gasteiger charge is -2.06. The van der Waals surface area contributed by atoms with Crippen molar-refractivity contribution in [2.45, 2.75) is 19.3 Å². The van der Waals surface area contributed by atoms with Crippen LogP contribution < -0.4 is 11.1 Å². The predicted octanol–water partition coefficient (Wildman–Crippen LogP) is 2.80. The molecule has 3 rings (SSSR count). The van der Waals surface area contributed by atoms with Crippen LogP contribution in [0.1, 0.15) is 32.8 Å². The molecule has 1 aliphatic rings. The summed E-state index contributed by atoms with van der Waals surface area (Å²) in [6.07, 6.45) is 3.47. The largest absolute Gasteiger partial charge is 0.322 e. The van der Waals surface area contributed by atoms with Crippen LogP contribution in [0.3, 0.4) is 0 Å². The van der Waals surface area contributed by atoms with Crippen molar-refractivity contribution in [1.29, 1.82) is 0 Å². The lowest BCUT2D eigenvalue weighted by Crippen LogP contribution is -2.11. The molecule has 21 heavy (non-hydrogen) atoms. The molecular formula is C17H16N2OS. The second-order valence-electron chi connectivity index (χ2n) is 5.00. The Kier molecular flexibility index (Phi) is 4.05. The predicted molar refractivity (Wildman–Crippen MR) is 86.7 cm³/mol. The minimum atomic E-state index is -0.0926. The van der Waals surface area contributed by atoms with E-state index < -0.39 is 0 Å². The van der Waals surface area contributed by atoms with Crippen LogP contribution in [0, 0.1) is 11.8 Å². The van der Waals surface area contributed by atoms with E-state index in [-0.39, 0.29) is 5.91 Å². The Bertz CT molecular complexity index is 737. The Morgan fingerprint density at radius 3 is 3.00 bits per heavy atom. The molecule has 1 aliphatic carbocycles. The van der Waals surface area contributed by atoms with Gasteiger partial charge in [-0.2, -0.15) is 0 Å². The number of hydrogen-bond acceptors (Lipinski definition) is 3. The van der Waals surface area contributed by atoms with Crippen LogP contribution in [0.2, 0.25) is 0 Å². The normalized spacial score (nSPS) is 12.4. The highest BCUT2D eigenvalue weighted by Crippen LogP contribution is 2.25. The SMILES string of the molecule is NCC#Cc1cc(C(=O)Nc2ccc3c(c2)CCC3)cs1. The molecule has 0 unspecified atom stereocenters. The summed E-state index contributed by atoms with van der Waals surface area (Å²) < 4.78 is 0. The first-order chi connectivity index (χ1) is 10.3. The topological polar surface area (TPSA) is 55.1 Å². The smallest absolute Gasteiger partial charge is 0.256 e. The van der Waals surface area contributed by atoms with E-state index >= 15 is 0 Å². The van der Waals surface area contributed by atoms with Gasteiger partial charge in [0.15, 0.2) is 0 Å². The number of carbonyl (C=O) groups excluding carboxylic acids is 1. The van der Waals surface area contributed by atoms with Crippen molar-refractivity contribution < 1.29 is 4.79 Å². The van der Waals surface area contributed by atoms with E-state index in [0.717, 1.165) is 23.4 Å². The standard InChI is InChI=1S/C17H16N2OS/c18-8-2-5-16-10-14(11-21-16)17(20)19-15-7-6-12-3-1-4-13(12)9-15/h6-7,9-11H,1,3-4,8,18H2,(H,19,20). The molecule has 3 N–H and O–H groups in total. The molecular weight excluding hydrogens is 280 g/mol. The van der Waals surface area contributed by atoms with Gasteiger partial charge in [0, 0.05) is 11.1 Å². The van der Waals surface area contributed by atoms with Crippen molar-refractivity contribution in [2.75, 3.05) is 11.9 Å². The summed E-state index contributed by atoms with van der Waals surface area (Å²) in [4.78, 5) is 13.1. The van der Waals surface area contributed by atoms with Crippen LogP contribution in [-0.2, 0) is 12.8 Å². The van der Waals surface area contributed by atoms with Crippen molar-refractivity contribution in [3.05, 3.63) is 51.2 Å². The molecule has 0 saturated heterocycles. The molecule has 106 valence electrons. The van der Waals surface area contributed by atoms with Crippen LogP contribution in [0.4, 0.5) is 5.69 Å². The van der Waals surface area contributed by atoms with Gasteiger partial charge in [-0.1, -0.05) is 17.9 Å². The fourth-order valence-corrected chi connectivity index (χ4v) is 3.27. The first kappa shape index (κ1) is 13.9. The van der Waals surface area contributed by atoms with Gasteiger partial charge < -0.3 is 11.1 Å². The van der Waals surface area contributed by atoms with Crippen LogP contribution in [0.25, 0.3) is 0 Å². The third-order valence-electron chi connectivity index (χ3n) is 3.53. The summed E-state index contributed by atoms with van der Waals surface area (Å²) in [7, 11) is 0. The number of rotatable bonds is 2. The van der Waals surface area contributed by atoms with Gasteiger partial charge in [0.1, 0.15) is 0 Å². The van der Waals surface area contributed by atoms with Crippen molar-refractivity contribution in [3.63, 3.8) is 0 Å². The molecule has 0 fully saturated rings. The highest BCUT2D eigenvalue weighted by atomic mass is 32.1. The van der Waals surface area contributed by atoms with E-state index in [1.165, 1.54) is 28.9 Å². The summed E-state index contributed by atoms with van der Waals surface area (Å²) in [6, 6.07) is 7.98. The van der Waals surface area contributed by atoms with Gasteiger partial charge in [0.2, 0.25) is 0 Å². The van der Waals surface area contributed by atoms with E-state index in [9.17, 15) is 4.79 Å². The van der Waals surface area contributed by atoms with Crippen molar-refractivity contribution in [3.8, 4) is 11.8 Å². The highest BCUT2D eigenvalue weighted by Gasteiger charge is 2.13. The number of hydrogen-bond donors (Lipinski definition) is 2. The third-order valence-corrected chi connectivity index (χ3v) is 4.38. The van der Waals surface area contributed by atoms with E-state index in [0.29, 0.717) is 12.1 Å². The van der Waals surface area contributed by atoms with Crippen LogP contribution in [0.15, 0.2) is 29.6 Å². The quantitative estimate of drug-likeness (QED) is 0.837. The minimum Gasteiger partial charge on any atom is -0.322 e. The van der Waals surface area contributed by atoms with Crippen LogP contribution in [0.5, 0.6) is 0 Å². The number of amides is 1. The van der Waals surface area contributed by atoms with Gasteiger partial charge in [-0.15, -0.1) is 11.3 Å². The zero-order valence-electron chi connectivity index (χ0n) is 11.6. The summed E-state index contributed by atoms with van der Waals surface area (Å²) in [5, 5.41) is 4.77. The molecule has 1 amide bonds.